The molecule has 2 aromatic carbocycles. The first-order chi connectivity index (χ1) is 17.1. The van der Waals surface area contributed by atoms with Gasteiger partial charge in [0.1, 0.15) is 5.75 Å². The molecule has 0 spiro atoms. The van der Waals surface area contributed by atoms with Crippen LogP contribution in [0, 0.1) is 5.92 Å². The van der Waals surface area contributed by atoms with E-state index in [0.29, 0.717) is 29.6 Å². The Morgan fingerprint density at radius 3 is 2.43 bits per heavy atom. The van der Waals surface area contributed by atoms with E-state index in [-0.39, 0.29) is 18.2 Å². The Hall–Kier alpha value is -4.73. The molecule has 0 saturated carbocycles. The zero-order valence-electron chi connectivity index (χ0n) is 19.0. The third-order valence-electron chi connectivity index (χ3n) is 5.69. The number of aromatic nitrogens is 4. The summed E-state index contributed by atoms with van der Waals surface area (Å²) in [5, 5.41) is 18.5. The Kier molecular flexibility index (Phi) is 6.08. The number of hydrogen-bond donors (Lipinski definition) is 2. The van der Waals surface area contributed by atoms with Crippen LogP contribution < -0.4 is 20.3 Å². The lowest BCUT2D eigenvalue weighted by Crippen LogP contribution is -2.28. The predicted octanol–water partition coefficient (Wildman–Crippen LogP) is 3.41. The van der Waals surface area contributed by atoms with Gasteiger partial charge in [-0.25, -0.2) is 4.68 Å². The Balaban J connectivity index is 1.17. The fourth-order valence-electron chi connectivity index (χ4n) is 3.84. The maximum Gasteiger partial charge on any atom is 0.229 e. The highest BCUT2D eigenvalue weighted by Crippen LogP contribution is 2.28. The molecule has 1 saturated heterocycles. The van der Waals surface area contributed by atoms with Gasteiger partial charge in [-0.1, -0.05) is 0 Å². The van der Waals surface area contributed by atoms with Crippen molar-refractivity contribution in [2.45, 2.75) is 6.42 Å². The van der Waals surface area contributed by atoms with Gasteiger partial charge in [-0.3, -0.25) is 9.59 Å². The minimum absolute atomic E-state index is 0.0745. The molecule has 10 nitrogen and oxygen atoms in total. The third-order valence-corrected chi connectivity index (χ3v) is 5.69. The van der Waals surface area contributed by atoms with E-state index in [4.69, 9.17) is 4.74 Å². The van der Waals surface area contributed by atoms with Crippen LogP contribution in [0.5, 0.6) is 5.75 Å². The van der Waals surface area contributed by atoms with Crippen LogP contribution in [0.3, 0.4) is 0 Å². The van der Waals surface area contributed by atoms with Crippen molar-refractivity contribution in [2.24, 2.45) is 5.92 Å². The topological polar surface area (TPSA) is 114 Å². The number of methoxy groups -OCH3 is 1. The largest absolute Gasteiger partial charge is 0.497 e. The summed E-state index contributed by atoms with van der Waals surface area (Å²) in [5.74, 6) is 1.23. The van der Waals surface area contributed by atoms with Gasteiger partial charge in [0.2, 0.25) is 11.8 Å². The lowest BCUT2D eigenvalue weighted by atomic mass is 10.1. The van der Waals surface area contributed by atoms with E-state index in [1.54, 1.807) is 53.4 Å². The fourth-order valence-corrected chi connectivity index (χ4v) is 3.84. The molecule has 10 heteroatoms. The van der Waals surface area contributed by atoms with Crippen molar-refractivity contribution in [3.8, 4) is 11.6 Å². The minimum Gasteiger partial charge on any atom is -0.497 e. The number of rotatable bonds is 7. The summed E-state index contributed by atoms with van der Waals surface area (Å²) in [6.45, 7) is 0.337. The van der Waals surface area contributed by atoms with Gasteiger partial charge >= 0.3 is 0 Å². The molecular weight excluding hydrogens is 446 g/mol. The summed E-state index contributed by atoms with van der Waals surface area (Å²) in [6, 6.07) is 19.9. The van der Waals surface area contributed by atoms with Crippen LogP contribution in [0.25, 0.3) is 5.82 Å². The van der Waals surface area contributed by atoms with E-state index in [2.05, 4.69) is 25.9 Å². The molecule has 0 radical (unpaired) electrons. The van der Waals surface area contributed by atoms with Crippen LogP contribution in [0.2, 0.25) is 0 Å². The van der Waals surface area contributed by atoms with Crippen LogP contribution in [0.4, 0.5) is 22.9 Å². The number of ether oxygens (including phenoxy) is 1. The molecular formula is C25H23N7O3. The molecule has 1 aliphatic rings. The maximum absolute atomic E-state index is 12.8. The number of benzene rings is 2. The quantitative estimate of drug-likeness (QED) is 0.426. The Labute approximate surface area is 201 Å². The first-order valence-corrected chi connectivity index (χ1v) is 11.1. The summed E-state index contributed by atoms with van der Waals surface area (Å²) < 4.78 is 6.79. The highest BCUT2D eigenvalue weighted by Gasteiger charge is 2.35. The number of nitrogens with one attached hydrogen (secondary N) is 2. The van der Waals surface area contributed by atoms with Gasteiger partial charge in [0, 0.05) is 42.4 Å². The van der Waals surface area contributed by atoms with Gasteiger partial charge in [0.15, 0.2) is 11.6 Å². The molecule has 2 amide bonds. The first-order valence-electron chi connectivity index (χ1n) is 11.1. The zero-order valence-corrected chi connectivity index (χ0v) is 19.0. The van der Waals surface area contributed by atoms with Gasteiger partial charge in [-0.15, -0.1) is 10.2 Å². The van der Waals surface area contributed by atoms with Gasteiger partial charge in [-0.05, 0) is 66.7 Å². The van der Waals surface area contributed by atoms with Crippen molar-refractivity contribution in [1.29, 1.82) is 0 Å². The number of carbonyl (C=O) groups excluding carboxylic acids is 2. The highest BCUT2D eigenvalue weighted by molar-refractivity contribution is 6.03. The van der Waals surface area contributed by atoms with E-state index < -0.39 is 5.92 Å². The van der Waals surface area contributed by atoms with E-state index in [1.165, 1.54) is 0 Å². The molecule has 176 valence electrons. The van der Waals surface area contributed by atoms with E-state index in [1.807, 2.05) is 42.5 Å². The number of anilines is 4. The second kappa shape index (κ2) is 9.64. The molecule has 0 unspecified atom stereocenters. The number of amides is 2. The summed E-state index contributed by atoms with van der Waals surface area (Å²) in [4.78, 5) is 26.9. The molecule has 35 heavy (non-hydrogen) atoms. The second-order valence-electron chi connectivity index (χ2n) is 8.02. The average Bonchev–Trinajstić information content (AvgIpc) is 3.56. The van der Waals surface area contributed by atoms with Gasteiger partial charge in [0.25, 0.3) is 0 Å². The Morgan fingerprint density at radius 2 is 1.77 bits per heavy atom. The molecule has 4 aromatic rings. The van der Waals surface area contributed by atoms with Crippen LogP contribution in [0.15, 0.2) is 79.1 Å². The third kappa shape index (κ3) is 4.96. The molecule has 1 fully saturated rings. The number of carbonyl (C=O) groups is 2. The van der Waals surface area contributed by atoms with Crippen molar-refractivity contribution in [2.75, 3.05) is 29.2 Å². The Bertz CT molecular complexity index is 1300. The summed E-state index contributed by atoms with van der Waals surface area (Å²) in [5.41, 5.74) is 2.20. The predicted molar refractivity (Wildman–Crippen MR) is 131 cm³/mol. The van der Waals surface area contributed by atoms with Gasteiger partial charge in [-0.2, -0.15) is 5.10 Å². The van der Waals surface area contributed by atoms with Crippen molar-refractivity contribution < 1.29 is 14.3 Å². The minimum atomic E-state index is -0.425. The summed E-state index contributed by atoms with van der Waals surface area (Å²) in [7, 11) is 1.59. The van der Waals surface area contributed by atoms with Crippen molar-refractivity contribution in [3.63, 3.8) is 0 Å². The highest BCUT2D eigenvalue weighted by atomic mass is 16.5. The second-order valence-corrected chi connectivity index (χ2v) is 8.02. The van der Waals surface area contributed by atoms with Crippen molar-refractivity contribution in [3.05, 3.63) is 79.1 Å². The SMILES string of the molecule is COc1ccc(N2C[C@@H](C(=O)Nc3ccc(Nc4ccc(-n5cccn5)nn4)cc3)CC2=O)cc1. The van der Waals surface area contributed by atoms with E-state index in [9.17, 15) is 9.59 Å². The lowest BCUT2D eigenvalue weighted by molar-refractivity contribution is -0.122. The molecule has 0 bridgehead atoms. The average molecular weight is 470 g/mol. The first kappa shape index (κ1) is 22.1. The van der Waals surface area contributed by atoms with Gasteiger partial charge in [0.05, 0.1) is 13.0 Å². The van der Waals surface area contributed by atoms with E-state index >= 15 is 0 Å². The maximum atomic E-state index is 12.8. The van der Waals surface area contributed by atoms with E-state index in [0.717, 1.165) is 11.4 Å². The zero-order chi connectivity index (χ0) is 24.2. The molecule has 1 atom stereocenters. The van der Waals surface area contributed by atoms with Crippen LogP contribution >= 0.6 is 0 Å². The lowest BCUT2D eigenvalue weighted by Gasteiger charge is -2.17. The fraction of sp³-hybridized carbons (Fsp3) is 0.160. The standard InChI is InChI=1S/C25H23N7O3/c1-35-21-9-7-20(8-10-21)31-16-17(15-24(31)33)25(34)28-19-5-3-18(4-6-19)27-22-11-12-23(30-29-22)32-14-2-13-26-32/h2-14,17H,15-16H2,1H3,(H,27,29)(H,28,34)/t17-/m0/s1. The molecule has 2 N–H and O–H groups in total. The summed E-state index contributed by atoms with van der Waals surface area (Å²) >= 11 is 0. The normalized spacial score (nSPS) is 15.2. The Morgan fingerprint density at radius 1 is 1.00 bits per heavy atom. The molecule has 3 heterocycles. The van der Waals surface area contributed by atoms with Crippen molar-refractivity contribution in [1.82, 2.24) is 20.0 Å². The number of nitrogens with zero attached hydrogens (tertiary/aromatic N) is 5. The van der Waals surface area contributed by atoms with Crippen LogP contribution in [0.1, 0.15) is 6.42 Å². The smallest absolute Gasteiger partial charge is 0.229 e. The molecule has 5 rings (SSSR count). The van der Waals surface area contributed by atoms with Gasteiger partial charge < -0.3 is 20.3 Å². The molecule has 0 aliphatic carbocycles. The van der Waals surface area contributed by atoms with Crippen LogP contribution in [-0.2, 0) is 9.59 Å². The van der Waals surface area contributed by atoms with Crippen molar-refractivity contribution >= 4 is 34.7 Å². The summed E-state index contributed by atoms with van der Waals surface area (Å²) in [6.07, 6.45) is 3.64. The molecule has 1 aliphatic heterocycles. The van der Waals surface area contributed by atoms with Crippen LogP contribution in [-0.4, -0.2) is 45.4 Å². The number of hydrogen-bond acceptors (Lipinski definition) is 7. The molecule has 2 aromatic heterocycles. The monoisotopic (exact) mass is 469 g/mol.